The van der Waals surface area contributed by atoms with Crippen LogP contribution in [0.2, 0.25) is 18.1 Å². The second-order valence-corrected chi connectivity index (χ2v) is 11.3. The van der Waals surface area contributed by atoms with Crippen molar-refractivity contribution in [1.29, 1.82) is 0 Å². The fourth-order valence-electron chi connectivity index (χ4n) is 1.75. The Labute approximate surface area is 107 Å². The first-order valence-corrected chi connectivity index (χ1v) is 9.58. The van der Waals surface area contributed by atoms with Gasteiger partial charge in [0, 0.05) is 13.2 Å². The smallest absolute Gasteiger partial charge is 0.191 e. The van der Waals surface area contributed by atoms with Gasteiger partial charge in [-0.15, -0.1) is 0 Å². The van der Waals surface area contributed by atoms with Crippen LogP contribution in [-0.4, -0.2) is 38.8 Å². The van der Waals surface area contributed by atoms with E-state index in [0.29, 0.717) is 6.61 Å². The summed E-state index contributed by atoms with van der Waals surface area (Å²) in [6, 6.07) is 0. The van der Waals surface area contributed by atoms with Crippen molar-refractivity contribution >= 4 is 8.32 Å². The molecule has 0 aromatic heterocycles. The summed E-state index contributed by atoms with van der Waals surface area (Å²) < 4.78 is 11.7. The van der Waals surface area contributed by atoms with Crippen LogP contribution in [0.25, 0.3) is 0 Å². The van der Waals surface area contributed by atoms with E-state index >= 15 is 0 Å². The molecule has 0 aromatic rings. The molecule has 2 atom stereocenters. The highest BCUT2D eigenvalue weighted by molar-refractivity contribution is 6.74. The maximum Gasteiger partial charge on any atom is 0.191 e. The van der Waals surface area contributed by atoms with E-state index in [9.17, 15) is 5.11 Å². The zero-order valence-corrected chi connectivity index (χ0v) is 13.0. The van der Waals surface area contributed by atoms with Crippen molar-refractivity contribution in [2.45, 2.75) is 70.4 Å². The Morgan fingerprint density at radius 2 is 2.00 bits per heavy atom. The minimum absolute atomic E-state index is 0.0199. The third-order valence-corrected chi connectivity index (χ3v) is 8.61. The lowest BCUT2D eigenvalue weighted by molar-refractivity contribution is -0.0810. The summed E-state index contributed by atoms with van der Waals surface area (Å²) in [5, 5.41) is 10.0. The molecule has 0 spiro atoms. The maximum absolute atomic E-state index is 9.79. The first-order valence-electron chi connectivity index (χ1n) is 6.68. The Morgan fingerprint density at radius 1 is 1.35 bits per heavy atom. The zero-order valence-electron chi connectivity index (χ0n) is 12.0. The molecule has 1 aliphatic heterocycles. The molecule has 0 aliphatic carbocycles. The maximum atomic E-state index is 9.79. The van der Waals surface area contributed by atoms with Gasteiger partial charge in [-0.3, -0.25) is 0 Å². The van der Waals surface area contributed by atoms with E-state index in [4.69, 9.17) is 9.16 Å². The van der Waals surface area contributed by atoms with Crippen LogP contribution in [-0.2, 0) is 9.16 Å². The van der Waals surface area contributed by atoms with Crippen molar-refractivity contribution in [3.8, 4) is 0 Å². The third kappa shape index (κ3) is 4.36. The topological polar surface area (TPSA) is 38.7 Å². The van der Waals surface area contributed by atoms with Gasteiger partial charge in [0.25, 0.3) is 0 Å². The minimum Gasteiger partial charge on any atom is -0.417 e. The van der Waals surface area contributed by atoms with Crippen molar-refractivity contribution in [3.05, 3.63) is 0 Å². The Morgan fingerprint density at radius 3 is 2.53 bits per heavy atom. The molecule has 0 aromatic carbocycles. The van der Waals surface area contributed by atoms with Gasteiger partial charge in [-0.25, -0.2) is 0 Å². The highest BCUT2D eigenvalue weighted by Gasteiger charge is 2.37. The van der Waals surface area contributed by atoms with Crippen LogP contribution in [0.3, 0.4) is 0 Å². The van der Waals surface area contributed by atoms with E-state index in [1.807, 2.05) is 0 Å². The SMILES string of the molecule is CC(C)(C)[Si](C)(C)OCC[C@H]1OCCC[C@@H]1O. The van der Waals surface area contributed by atoms with Gasteiger partial charge in [0.1, 0.15) is 0 Å². The Balaban J connectivity index is 2.32. The number of aliphatic hydroxyl groups is 1. The van der Waals surface area contributed by atoms with Gasteiger partial charge >= 0.3 is 0 Å². The Hall–Kier alpha value is 0.0969. The molecule has 0 radical (unpaired) electrons. The zero-order chi connectivity index (χ0) is 13.1. The third-order valence-electron chi connectivity index (χ3n) is 4.08. The predicted octanol–water partition coefficient (Wildman–Crippen LogP) is 2.94. The predicted molar refractivity (Wildman–Crippen MR) is 72.7 cm³/mol. The van der Waals surface area contributed by atoms with Crippen LogP contribution in [0.15, 0.2) is 0 Å². The number of hydrogen-bond acceptors (Lipinski definition) is 3. The monoisotopic (exact) mass is 260 g/mol. The van der Waals surface area contributed by atoms with E-state index in [1.165, 1.54) is 0 Å². The first kappa shape index (κ1) is 15.2. The molecule has 0 bridgehead atoms. The van der Waals surface area contributed by atoms with Crippen molar-refractivity contribution < 1.29 is 14.3 Å². The van der Waals surface area contributed by atoms with Gasteiger partial charge < -0.3 is 14.3 Å². The molecule has 1 saturated heterocycles. The van der Waals surface area contributed by atoms with Crippen LogP contribution in [0.4, 0.5) is 0 Å². The quantitative estimate of drug-likeness (QED) is 0.790. The Bertz CT molecular complexity index is 235. The largest absolute Gasteiger partial charge is 0.417 e. The van der Waals surface area contributed by atoms with Gasteiger partial charge in [0.05, 0.1) is 12.2 Å². The molecule has 1 N–H and O–H groups in total. The molecule has 0 saturated carbocycles. The van der Waals surface area contributed by atoms with Gasteiger partial charge in [-0.05, 0) is 37.4 Å². The van der Waals surface area contributed by atoms with Gasteiger partial charge in [-0.2, -0.15) is 0 Å². The average Bonchev–Trinajstić information content (AvgIpc) is 2.19. The minimum atomic E-state index is -1.65. The standard InChI is InChI=1S/C13H28O3Si/c1-13(2,3)17(4,5)16-10-8-12-11(14)7-6-9-15-12/h11-12,14H,6-10H2,1-5H3/t11-,12+/m0/s1. The number of ether oxygens (including phenoxy) is 1. The molecule has 4 heteroatoms. The molecule has 0 unspecified atom stereocenters. The summed E-state index contributed by atoms with van der Waals surface area (Å²) in [7, 11) is -1.65. The number of rotatable bonds is 4. The summed E-state index contributed by atoms with van der Waals surface area (Å²) >= 11 is 0. The normalized spacial score (nSPS) is 27.2. The van der Waals surface area contributed by atoms with E-state index < -0.39 is 8.32 Å². The molecular weight excluding hydrogens is 232 g/mol. The summed E-state index contributed by atoms with van der Waals surface area (Å²) in [5.74, 6) is 0. The van der Waals surface area contributed by atoms with Crippen LogP contribution in [0, 0.1) is 0 Å². The van der Waals surface area contributed by atoms with Crippen molar-refractivity contribution in [2.75, 3.05) is 13.2 Å². The van der Waals surface area contributed by atoms with Crippen molar-refractivity contribution in [3.63, 3.8) is 0 Å². The second kappa shape index (κ2) is 5.82. The molecule has 0 amide bonds. The summed E-state index contributed by atoms with van der Waals surface area (Å²) in [6.07, 6.45) is 2.33. The fourth-order valence-corrected chi connectivity index (χ4v) is 2.81. The van der Waals surface area contributed by atoms with Gasteiger partial charge in [-0.1, -0.05) is 20.8 Å². The second-order valence-electron chi connectivity index (χ2n) is 6.52. The van der Waals surface area contributed by atoms with E-state index in [0.717, 1.165) is 25.9 Å². The van der Waals surface area contributed by atoms with E-state index in [2.05, 4.69) is 33.9 Å². The number of hydrogen-bond donors (Lipinski definition) is 1. The highest BCUT2D eigenvalue weighted by Crippen LogP contribution is 2.36. The molecule has 3 nitrogen and oxygen atoms in total. The lowest BCUT2D eigenvalue weighted by Gasteiger charge is -2.37. The van der Waals surface area contributed by atoms with Crippen molar-refractivity contribution in [1.82, 2.24) is 0 Å². The molecule has 1 heterocycles. The van der Waals surface area contributed by atoms with Crippen LogP contribution < -0.4 is 0 Å². The van der Waals surface area contributed by atoms with E-state index in [1.54, 1.807) is 0 Å². The highest BCUT2D eigenvalue weighted by atomic mass is 28.4. The molecule has 102 valence electrons. The van der Waals surface area contributed by atoms with Gasteiger partial charge in [0.2, 0.25) is 0 Å². The van der Waals surface area contributed by atoms with Gasteiger partial charge in [0.15, 0.2) is 8.32 Å². The summed E-state index contributed by atoms with van der Waals surface area (Å²) in [5.41, 5.74) is 0. The first-order chi connectivity index (χ1) is 7.74. The van der Waals surface area contributed by atoms with Crippen molar-refractivity contribution in [2.24, 2.45) is 0 Å². The average molecular weight is 260 g/mol. The molecule has 17 heavy (non-hydrogen) atoms. The molecule has 1 aliphatic rings. The number of aliphatic hydroxyl groups excluding tert-OH is 1. The summed E-state index contributed by atoms with van der Waals surface area (Å²) in [4.78, 5) is 0. The van der Waals surface area contributed by atoms with Crippen LogP contribution >= 0.6 is 0 Å². The lowest BCUT2D eigenvalue weighted by Crippen LogP contribution is -2.42. The van der Waals surface area contributed by atoms with Crippen LogP contribution in [0.5, 0.6) is 0 Å². The molecule has 1 rings (SSSR count). The van der Waals surface area contributed by atoms with E-state index in [-0.39, 0.29) is 17.2 Å². The lowest BCUT2D eigenvalue weighted by atomic mass is 10.0. The molecule has 1 fully saturated rings. The Kier molecular flexibility index (Phi) is 5.19. The van der Waals surface area contributed by atoms with Crippen LogP contribution in [0.1, 0.15) is 40.0 Å². The molecular formula is C13H28O3Si. The summed E-state index contributed by atoms with van der Waals surface area (Å²) in [6.45, 7) is 12.7. The fraction of sp³-hybridized carbons (Fsp3) is 1.00.